The molecule has 2 nitrogen and oxygen atoms in total. The summed E-state index contributed by atoms with van der Waals surface area (Å²) < 4.78 is 5.99. The third kappa shape index (κ3) is 2.03. The summed E-state index contributed by atoms with van der Waals surface area (Å²) in [5.74, 6) is 0.905. The topological polar surface area (TPSA) is 30.2 Å². The third-order valence-electron chi connectivity index (χ3n) is 3.41. The van der Waals surface area contributed by atoms with Gasteiger partial charge in [0.1, 0.15) is 11.3 Å². The standard InChI is InChI=1S/C18H16O2/c1-12(2)18-16(13-8-4-3-5-9-13)17(19)14-10-6-7-11-15(14)20-18/h3-12H,1-2H3. The molecule has 0 atom stereocenters. The summed E-state index contributed by atoms with van der Waals surface area (Å²) in [5.41, 5.74) is 2.29. The van der Waals surface area contributed by atoms with E-state index in [1.807, 2.05) is 68.4 Å². The summed E-state index contributed by atoms with van der Waals surface area (Å²) in [6.45, 7) is 4.08. The van der Waals surface area contributed by atoms with E-state index in [0.717, 1.165) is 11.3 Å². The molecule has 0 aliphatic carbocycles. The van der Waals surface area contributed by atoms with Gasteiger partial charge in [0, 0.05) is 5.92 Å². The van der Waals surface area contributed by atoms with Crippen LogP contribution in [0.4, 0.5) is 0 Å². The summed E-state index contributed by atoms with van der Waals surface area (Å²) in [4.78, 5) is 12.8. The summed E-state index contributed by atoms with van der Waals surface area (Å²) in [6.07, 6.45) is 0. The Kier molecular flexibility index (Phi) is 3.15. The van der Waals surface area contributed by atoms with E-state index in [9.17, 15) is 4.79 Å². The predicted octanol–water partition coefficient (Wildman–Crippen LogP) is 4.58. The molecule has 2 aromatic carbocycles. The first kappa shape index (κ1) is 12.7. The fourth-order valence-corrected chi connectivity index (χ4v) is 2.44. The SMILES string of the molecule is CC(C)c1oc2ccccc2c(=O)c1-c1ccccc1. The number of hydrogen-bond donors (Lipinski definition) is 0. The van der Waals surface area contributed by atoms with Gasteiger partial charge in [-0.1, -0.05) is 56.3 Å². The zero-order valence-electron chi connectivity index (χ0n) is 11.6. The van der Waals surface area contributed by atoms with Gasteiger partial charge in [-0.3, -0.25) is 4.79 Å². The zero-order valence-corrected chi connectivity index (χ0v) is 11.6. The van der Waals surface area contributed by atoms with Crippen molar-refractivity contribution < 1.29 is 4.42 Å². The Bertz CT molecular complexity index is 799. The lowest BCUT2D eigenvalue weighted by Crippen LogP contribution is -2.10. The molecule has 2 heteroatoms. The Balaban J connectivity index is 2.43. The van der Waals surface area contributed by atoms with Crippen LogP contribution in [0.3, 0.4) is 0 Å². The van der Waals surface area contributed by atoms with Crippen LogP contribution in [0, 0.1) is 0 Å². The van der Waals surface area contributed by atoms with Gasteiger partial charge < -0.3 is 4.42 Å². The van der Waals surface area contributed by atoms with Crippen molar-refractivity contribution in [3.8, 4) is 11.1 Å². The highest BCUT2D eigenvalue weighted by atomic mass is 16.3. The van der Waals surface area contributed by atoms with Crippen molar-refractivity contribution in [1.29, 1.82) is 0 Å². The van der Waals surface area contributed by atoms with Crippen LogP contribution in [0.5, 0.6) is 0 Å². The maximum Gasteiger partial charge on any atom is 0.200 e. The molecule has 0 fully saturated rings. The molecule has 0 amide bonds. The Morgan fingerprint density at radius 3 is 2.25 bits per heavy atom. The van der Waals surface area contributed by atoms with Crippen LogP contribution in [0.1, 0.15) is 25.5 Å². The maximum absolute atomic E-state index is 12.8. The molecule has 0 radical (unpaired) electrons. The zero-order chi connectivity index (χ0) is 14.1. The molecule has 0 saturated carbocycles. The van der Waals surface area contributed by atoms with Crippen molar-refractivity contribution in [2.75, 3.05) is 0 Å². The quantitative estimate of drug-likeness (QED) is 0.678. The fourth-order valence-electron chi connectivity index (χ4n) is 2.44. The Morgan fingerprint density at radius 1 is 0.900 bits per heavy atom. The number of para-hydroxylation sites is 1. The Morgan fingerprint density at radius 2 is 1.55 bits per heavy atom. The summed E-state index contributed by atoms with van der Waals surface area (Å²) in [7, 11) is 0. The second-order valence-electron chi connectivity index (χ2n) is 5.19. The van der Waals surface area contributed by atoms with E-state index in [2.05, 4.69) is 0 Å². The first-order valence-electron chi connectivity index (χ1n) is 6.79. The minimum absolute atomic E-state index is 0.0433. The number of benzene rings is 2. The highest BCUT2D eigenvalue weighted by Crippen LogP contribution is 2.29. The fraction of sp³-hybridized carbons (Fsp3) is 0.167. The molecule has 0 saturated heterocycles. The highest BCUT2D eigenvalue weighted by molar-refractivity contribution is 5.82. The second-order valence-corrected chi connectivity index (χ2v) is 5.19. The van der Waals surface area contributed by atoms with Crippen LogP contribution >= 0.6 is 0 Å². The van der Waals surface area contributed by atoms with Gasteiger partial charge in [0.25, 0.3) is 0 Å². The van der Waals surface area contributed by atoms with Crippen molar-refractivity contribution in [3.63, 3.8) is 0 Å². The molecule has 0 bridgehead atoms. The first-order valence-corrected chi connectivity index (χ1v) is 6.79. The van der Waals surface area contributed by atoms with Crippen molar-refractivity contribution in [1.82, 2.24) is 0 Å². The first-order chi connectivity index (χ1) is 9.68. The van der Waals surface area contributed by atoms with Gasteiger partial charge in [0.2, 0.25) is 5.43 Å². The molecule has 0 aliphatic heterocycles. The summed E-state index contributed by atoms with van der Waals surface area (Å²) >= 11 is 0. The van der Waals surface area contributed by atoms with E-state index < -0.39 is 0 Å². The van der Waals surface area contributed by atoms with Crippen LogP contribution in [-0.4, -0.2) is 0 Å². The minimum atomic E-state index is 0.0433. The van der Waals surface area contributed by atoms with E-state index in [4.69, 9.17) is 4.42 Å². The van der Waals surface area contributed by atoms with Gasteiger partial charge in [0.05, 0.1) is 10.9 Å². The molecule has 20 heavy (non-hydrogen) atoms. The monoisotopic (exact) mass is 264 g/mol. The second kappa shape index (κ2) is 4.97. The largest absolute Gasteiger partial charge is 0.460 e. The molecular weight excluding hydrogens is 248 g/mol. The molecule has 1 aromatic heterocycles. The normalized spacial score (nSPS) is 11.2. The molecule has 0 aliphatic rings. The van der Waals surface area contributed by atoms with Crippen molar-refractivity contribution in [3.05, 3.63) is 70.6 Å². The lowest BCUT2D eigenvalue weighted by Gasteiger charge is -2.12. The summed E-state index contributed by atoms with van der Waals surface area (Å²) in [5, 5.41) is 0.635. The van der Waals surface area contributed by atoms with Gasteiger partial charge >= 0.3 is 0 Å². The maximum atomic E-state index is 12.8. The van der Waals surface area contributed by atoms with E-state index in [1.54, 1.807) is 0 Å². The van der Waals surface area contributed by atoms with E-state index in [0.29, 0.717) is 16.5 Å². The predicted molar refractivity (Wildman–Crippen MR) is 82.0 cm³/mol. The van der Waals surface area contributed by atoms with Crippen molar-refractivity contribution in [2.24, 2.45) is 0 Å². The molecule has 100 valence electrons. The van der Waals surface area contributed by atoms with E-state index in [1.165, 1.54) is 0 Å². The molecule has 3 aromatic rings. The highest BCUT2D eigenvalue weighted by Gasteiger charge is 2.17. The van der Waals surface area contributed by atoms with Crippen molar-refractivity contribution in [2.45, 2.75) is 19.8 Å². The van der Waals surface area contributed by atoms with Crippen molar-refractivity contribution >= 4 is 11.0 Å². The average molecular weight is 264 g/mol. The van der Waals surface area contributed by atoms with Crippen LogP contribution in [-0.2, 0) is 0 Å². The average Bonchev–Trinajstić information content (AvgIpc) is 2.48. The van der Waals surface area contributed by atoms with Crippen LogP contribution in [0.2, 0.25) is 0 Å². The number of rotatable bonds is 2. The summed E-state index contributed by atoms with van der Waals surface area (Å²) in [6, 6.07) is 17.1. The van der Waals surface area contributed by atoms with Gasteiger partial charge in [-0.2, -0.15) is 0 Å². The minimum Gasteiger partial charge on any atom is -0.460 e. The smallest absolute Gasteiger partial charge is 0.200 e. The van der Waals surface area contributed by atoms with Gasteiger partial charge in [0.15, 0.2) is 0 Å². The lowest BCUT2D eigenvalue weighted by molar-refractivity contribution is 0.512. The molecule has 3 rings (SSSR count). The van der Waals surface area contributed by atoms with Gasteiger partial charge in [-0.25, -0.2) is 0 Å². The Labute approximate surface area is 117 Å². The third-order valence-corrected chi connectivity index (χ3v) is 3.41. The van der Waals surface area contributed by atoms with E-state index >= 15 is 0 Å². The number of hydrogen-bond acceptors (Lipinski definition) is 2. The number of fused-ring (bicyclic) bond motifs is 1. The van der Waals surface area contributed by atoms with Gasteiger partial charge in [-0.05, 0) is 17.7 Å². The molecular formula is C18H16O2. The Hall–Kier alpha value is -2.35. The van der Waals surface area contributed by atoms with Gasteiger partial charge in [-0.15, -0.1) is 0 Å². The lowest BCUT2D eigenvalue weighted by atomic mass is 9.97. The molecule has 0 spiro atoms. The van der Waals surface area contributed by atoms with Crippen LogP contribution in [0.15, 0.2) is 63.8 Å². The van der Waals surface area contributed by atoms with Crippen LogP contribution < -0.4 is 5.43 Å². The molecule has 0 N–H and O–H groups in total. The molecule has 1 heterocycles. The van der Waals surface area contributed by atoms with Crippen LogP contribution in [0.25, 0.3) is 22.1 Å². The van der Waals surface area contributed by atoms with E-state index in [-0.39, 0.29) is 11.3 Å². The molecule has 0 unspecified atom stereocenters.